The molecular formula is C8H9N5O3. The first kappa shape index (κ1) is 11.6. The van der Waals surface area contributed by atoms with Crippen LogP contribution < -0.4 is 5.73 Å². The molecule has 0 unspecified atom stereocenters. The van der Waals surface area contributed by atoms with Gasteiger partial charge in [-0.3, -0.25) is 0 Å². The van der Waals surface area contributed by atoms with Crippen LogP contribution in [-0.2, 0) is 6.54 Å². The Kier molecular flexibility index (Phi) is 3.90. The largest absolute Gasteiger partial charge is 0.363 e. The molecule has 0 atom stereocenters. The molecule has 0 heterocycles. The lowest BCUT2D eigenvalue weighted by atomic mass is 10.2. The molecule has 0 amide bonds. The van der Waals surface area contributed by atoms with Crippen LogP contribution in [0.25, 0.3) is 0 Å². The second-order valence-corrected chi connectivity index (χ2v) is 2.77. The van der Waals surface area contributed by atoms with Crippen LogP contribution in [0.15, 0.2) is 40.6 Å². The van der Waals surface area contributed by atoms with Crippen molar-refractivity contribution in [3.05, 3.63) is 50.9 Å². The van der Waals surface area contributed by atoms with E-state index in [-0.39, 0.29) is 11.7 Å². The van der Waals surface area contributed by atoms with Gasteiger partial charge in [0.15, 0.2) is 0 Å². The summed E-state index contributed by atoms with van der Waals surface area (Å²) >= 11 is 0. The highest BCUT2D eigenvalue weighted by molar-refractivity contribution is 5.76. The van der Waals surface area contributed by atoms with Crippen molar-refractivity contribution in [3.63, 3.8) is 0 Å². The average Bonchev–Trinajstić information content (AvgIpc) is 2.28. The zero-order valence-corrected chi connectivity index (χ0v) is 8.18. The molecule has 0 aliphatic rings. The fourth-order valence-electron chi connectivity index (χ4n) is 0.974. The minimum atomic E-state index is -1.04. The van der Waals surface area contributed by atoms with E-state index in [9.17, 15) is 15.0 Å². The molecule has 0 aromatic heterocycles. The van der Waals surface area contributed by atoms with E-state index >= 15 is 0 Å². The van der Waals surface area contributed by atoms with Crippen molar-refractivity contribution in [2.45, 2.75) is 6.54 Å². The molecule has 0 fully saturated rings. The van der Waals surface area contributed by atoms with E-state index in [1.165, 1.54) is 0 Å². The normalized spacial score (nSPS) is 10.9. The maximum absolute atomic E-state index is 10.3. The van der Waals surface area contributed by atoms with Crippen LogP contribution in [-0.4, -0.2) is 16.1 Å². The number of nitroso groups, excluding NO2 is 1. The molecule has 0 spiro atoms. The van der Waals surface area contributed by atoms with Gasteiger partial charge in [-0.2, -0.15) is 0 Å². The van der Waals surface area contributed by atoms with Gasteiger partial charge in [0.2, 0.25) is 0 Å². The van der Waals surface area contributed by atoms with Gasteiger partial charge >= 0.3 is 5.29 Å². The van der Waals surface area contributed by atoms with Crippen molar-refractivity contribution in [2.75, 3.05) is 0 Å². The lowest BCUT2D eigenvalue weighted by molar-refractivity contribution is -0.631. The summed E-state index contributed by atoms with van der Waals surface area (Å²) in [6.07, 6.45) is 0. The van der Waals surface area contributed by atoms with Crippen LogP contribution >= 0.6 is 0 Å². The van der Waals surface area contributed by atoms with Crippen molar-refractivity contribution in [1.29, 1.82) is 0 Å². The molecular weight excluding hydrogens is 214 g/mol. The summed E-state index contributed by atoms with van der Waals surface area (Å²) in [6.45, 7) is 0.145. The number of hydrazine groups is 1. The monoisotopic (exact) mass is 223 g/mol. The standard InChI is InChI=1S/C8H9N5O3/c9-8(12(11-14)13(15)16)10-6-7-4-2-1-3-5-7/h1-5H,6H2,(H2,9,10). The Bertz CT molecular complexity index is 405. The molecule has 8 heteroatoms. The zero-order chi connectivity index (χ0) is 12.0. The van der Waals surface area contributed by atoms with E-state index in [2.05, 4.69) is 10.3 Å². The summed E-state index contributed by atoms with van der Waals surface area (Å²) < 4.78 is 0. The van der Waals surface area contributed by atoms with Crippen molar-refractivity contribution in [2.24, 2.45) is 16.0 Å². The van der Waals surface area contributed by atoms with E-state index < -0.39 is 11.0 Å². The van der Waals surface area contributed by atoms with Gasteiger partial charge in [-0.25, -0.2) is 4.99 Å². The summed E-state index contributed by atoms with van der Waals surface area (Å²) in [5.41, 5.74) is 6.04. The topological polar surface area (TPSA) is 114 Å². The number of rotatable bonds is 4. The number of hydrogen-bond acceptors (Lipinski definition) is 5. The van der Waals surface area contributed by atoms with E-state index in [1.807, 2.05) is 6.07 Å². The Labute approximate surface area is 90.4 Å². The van der Waals surface area contributed by atoms with Crippen molar-refractivity contribution in [1.82, 2.24) is 5.12 Å². The number of nitro groups is 1. The lowest BCUT2D eigenvalue weighted by Crippen LogP contribution is -2.37. The van der Waals surface area contributed by atoms with Crippen LogP contribution in [0.5, 0.6) is 0 Å². The lowest BCUT2D eigenvalue weighted by Gasteiger charge is -2.03. The zero-order valence-electron chi connectivity index (χ0n) is 8.18. The molecule has 0 radical (unpaired) electrons. The molecule has 16 heavy (non-hydrogen) atoms. The highest BCUT2D eigenvalue weighted by Gasteiger charge is 2.20. The first-order valence-corrected chi connectivity index (χ1v) is 4.26. The van der Waals surface area contributed by atoms with Crippen molar-refractivity contribution in [3.8, 4) is 0 Å². The van der Waals surface area contributed by atoms with E-state index in [0.29, 0.717) is 0 Å². The molecule has 0 aliphatic heterocycles. The smallest absolute Gasteiger partial charge is 0.318 e. The summed E-state index contributed by atoms with van der Waals surface area (Å²) in [5.74, 6) is -0.552. The number of nitrogens with two attached hydrogens (primary N) is 1. The third-order valence-electron chi connectivity index (χ3n) is 1.70. The second kappa shape index (κ2) is 5.39. The summed E-state index contributed by atoms with van der Waals surface area (Å²) in [5, 5.41) is 11.2. The number of aliphatic imine (C=N–C) groups is 1. The SMILES string of the molecule is NC(=NCc1ccccc1)N(N=O)[N+](=O)[O-]. The number of benzene rings is 1. The molecule has 84 valence electrons. The number of hydrogen-bond donors (Lipinski definition) is 1. The summed E-state index contributed by atoms with van der Waals surface area (Å²) in [7, 11) is 0. The van der Waals surface area contributed by atoms with Gasteiger partial charge in [0.05, 0.1) is 11.6 Å². The third-order valence-corrected chi connectivity index (χ3v) is 1.70. The second-order valence-electron chi connectivity index (χ2n) is 2.77. The molecule has 0 bridgehead atoms. The van der Waals surface area contributed by atoms with E-state index in [4.69, 9.17) is 5.73 Å². The van der Waals surface area contributed by atoms with Crippen LogP contribution in [0, 0.1) is 15.0 Å². The highest BCUT2D eigenvalue weighted by atomic mass is 16.7. The molecule has 1 aromatic rings. The number of nitrogens with zero attached hydrogens (tertiary/aromatic N) is 4. The first-order valence-electron chi connectivity index (χ1n) is 4.26. The Morgan fingerprint density at radius 2 is 2.06 bits per heavy atom. The van der Waals surface area contributed by atoms with Gasteiger partial charge in [-0.05, 0) is 5.56 Å². The Balaban J connectivity index is 2.70. The van der Waals surface area contributed by atoms with E-state index in [0.717, 1.165) is 5.56 Å². The van der Waals surface area contributed by atoms with Crippen molar-refractivity contribution >= 4 is 5.96 Å². The minimum Gasteiger partial charge on any atom is -0.363 e. The number of guanidine groups is 1. The van der Waals surface area contributed by atoms with Gasteiger partial charge in [0, 0.05) is 4.91 Å². The van der Waals surface area contributed by atoms with Gasteiger partial charge < -0.3 is 15.8 Å². The Hall–Kier alpha value is -2.51. The predicted molar refractivity (Wildman–Crippen MR) is 56.4 cm³/mol. The van der Waals surface area contributed by atoms with Crippen LogP contribution in [0.4, 0.5) is 0 Å². The average molecular weight is 223 g/mol. The minimum absolute atomic E-state index is 0.122. The predicted octanol–water partition coefficient (Wildman–Crippen LogP) is 0.676. The molecule has 0 aliphatic carbocycles. The van der Waals surface area contributed by atoms with Gasteiger partial charge in [-0.15, -0.1) is 0 Å². The highest BCUT2D eigenvalue weighted by Crippen LogP contribution is 2.00. The quantitative estimate of drug-likeness (QED) is 0.265. The molecule has 0 saturated heterocycles. The van der Waals surface area contributed by atoms with Crippen LogP contribution in [0.1, 0.15) is 5.56 Å². The molecule has 1 rings (SSSR count). The summed E-state index contributed by atoms with van der Waals surface area (Å²) in [6, 6.07) is 8.98. The van der Waals surface area contributed by atoms with Crippen LogP contribution in [0.2, 0.25) is 0 Å². The maximum Gasteiger partial charge on any atom is 0.318 e. The van der Waals surface area contributed by atoms with Gasteiger partial charge in [0.1, 0.15) is 5.12 Å². The molecule has 2 N–H and O–H groups in total. The fourth-order valence-corrected chi connectivity index (χ4v) is 0.974. The van der Waals surface area contributed by atoms with Gasteiger partial charge in [0.25, 0.3) is 5.96 Å². The van der Waals surface area contributed by atoms with E-state index in [1.54, 1.807) is 24.3 Å². The first-order chi connectivity index (χ1) is 7.65. The maximum atomic E-state index is 10.3. The Morgan fingerprint density at radius 3 is 2.56 bits per heavy atom. The van der Waals surface area contributed by atoms with Gasteiger partial charge in [-0.1, -0.05) is 30.3 Å². The fraction of sp³-hybridized carbons (Fsp3) is 0.125. The molecule has 8 nitrogen and oxygen atoms in total. The molecule has 0 saturated carbocycles. The van der Waals surface area contributed by atoms with Crippen molar-refractivity contribution < 1.29 is 5.03 Å². The Morgan fingerprint density at radius 1 is 1.44 bits per heavy atom. The third kappa shape index (κ3) is 3.01. The molecule has 1 aromatic carbocycles. The summed E-state index contributed by atoms with van der Waals surface area (Å²) in [4.78, 5) is 24.0. The van der Waals surface area contributed by atoms with Crippen LogP contribution in [0.3, 0.4) is 0 Å².